The number of likely N-dealkylation sites (tertiary alicyclic amines) is 1. The van der Waals surface area contributed by atoms with Gasteiger partial charge in [0, 0.05) is 37.8 Å². The fourth-order valence-corrected chi connectivity index (χ4v) is 3.80. The second kappa shape index (κ2) is 6.15. The van der Waals surface area contributed by atoms with Gasteiger partial charge in [0.15, 0.2) is 5.82 Å². The van der Waals surface area contributed by atoms with E-state index >= 15 is 0 Å². The maximum atomic E-state index is 5.09. The summed E-state index contributed by atoms with van der Waals surface area (Å²) in [5, 5.41) is 1.07. The molecule has 2 saturated heterocycles. The van der Waals surface area contributed by atoms with Crippen LogP contribution >= 0.6 is 11.5 Å². The van der Waals surface area contributed by atoms with Crippen LogP contribution in [0.5, 0.6) is 0 Å². The molecule has 0 N–H and O–H groups in total. The standard InChI is InChI=1S/C13H22N4OS/c1-18-10-12-14-13(19-15-12)17-8-4-5-11(9-17)16-6-2-3-7-16/h11H,2-10H2,1H3/t11-/m1/s1. The summed E-state index contributed by atoms with van der Waals surface area (Å²) in [6.07, 6.45) is 5.33. The highest BCUT2D eigenvalue weighted by Crippen LogP contribution is 2.25. The molecular formula is C13H22N4OS. The molecule has 0 spiro atoms. The molecule has 1 aromatic heterocycles. The molecule has 0 aromatic carbocycles. The van der Waals surface area contributed by atoms with E-state index in [1.807, 2.05) is 0 Å². The van der Waals surface area contributed by atoms with E-state index in [2.05, 4.69) is 19.2 Å². The predicted octanol–water partition coefficient (Wildman–Crippen LogP) is 1.75. The number of nitrogens with zero attached hydrogens (tertiary/aromatic N) is 4. The van der Waals surface area contributed by atoms with Gasteiger partial charge in [-0.25, -0.2) is 4.98 Å². The van der Waals surface area contributed by atoms with E-state index in [1.165, 1.54) is 50.3 Å². The van der Waals surface area contributed by atoms with Crippen molar-refractivity contribution >= 4 is 16.7 Å². The van der Waals surface area contributed by atoms with E-state index < -0.39 is 0 Å². The number of hydrogen-bond donors (Lipinski definition) is 0. The van der Waals surface area contributed by atoms with Crippen LogP contribution in [0.4, 0.5) is 5.13 Å². The second-order valence-electron chi connectivity index (χ2n) is 5.41. The Morgan fingerprint density at radius 1 is 1.26 bits per heavy atom. The molecule has 0 amide bonds. The third kappa shape index (κ3) is 3.07. The third-order valence-electron chi connectivity index (χ3n) is 4.05. The van der Waals surface area contributed by atoms with Crippen molar-refractivity contribution in [2.24, 2.45) is 0 Å². The zero-order valence-electron chi connectivity index (χ0n) is 11.5. The number of rotatable bonds is 4. The van der Waals surface area contributed by atoms with Crippen molar-refractivity contribution in [1.29, 1.82) is 0 Å². The van der Waals surface area contributed by atoms with Crippen molar-refractivity contribution in [3.05, 3.63) is 5.82 Å². The Labute approximate surface area is 118 Å². The Morgan fingerprint density at radius 2 is 2.11 bits per heavy atom. The summed E-state index contributed by atoms with van der Waals surface area (Å²) in [5.74, 6) is 0.811. The molecule has 6 heteroatoms. The van der Waals surface area contributed by atoms with Crippen molar-refractivity contribution in [2.45, 2.75) is 38.3 Å². The van der Waals surface area contributed by atoms with Crippen molar-refractivity contribution in [3.63, 3.8) is 0 Å². The summed E-state index contributed by atoms with van der Waals surface area (Å²) in [7, 11) is 1.69. The van der Waals surface area contributed by atoms with Crippen molar-refractivity contribution in [1.82, 2.24) is 14.3 Å². The highest BCUT2D eigenvalue weighted by molar-refractivity contribution is 7.09. The van der Waals surface area contributed by atoms with E-state index in [0.717, 1.165) is 24.0 Å². The van der Waals surface area contributed by atoms with Crippen LogP contribution < -0.4 is 4.90 Å². The molecule has 3 heterocycles. The minimum absolute atomic E-state index is 0.514. The van der Waals surface area contributed by atoms with Crippen LogP contribution in [-0.4, -0.2) is 53.6 Å². The Hall–Kier alpha value is -0.720. The van der Waals surface area contributed by atoms with Gasteiger partial charge < -0.3 is 9.64 Å². The normalized spacial score (nSPS) is 25.1. The molecule has 19 heavy (non-hydrogen) atoms. The monoisotopic (exact) mass is 282 g/mol. The van der Waals surface area contributed by atoms with Gasteiger partial charge in [0.2, 0.25) is 5.13 Å². The Balaban J connectivity index is 1.63. The summed E-state index contributed by atoms with van der Waals surface area (Å²) in [4.78, 5) is 9.64. The maximum absolute atomic E-state index is 5.09. The van der Waals surface area contributed by atoms with Crippen LogP contribution in [0, 0.1) is 0 Å². The molecular weight excluding hydrogens is 260 g/mol. The zero-order valence-corrected chi connectivity index (χ0v) is 12.4. The van der Waals surface area contributed by atoms with Gasteiger partial charge in [0.1, 0.15) is 6.61 Å². The lowest BCUT2D eigenvalue weighted by Crippen LogP contribution is -2.47. The number of methoxy groups -OCH3 is 1. The van der Waals surface area contributed by atoms with E-state index in [-0.39, 0.29) is 0 Å². The summed E-state index contributed by atoms with van der Waals surface area (Å²) in [6, 6.07) is 0.714. The fourth-order valence-electron chi connectivity index (χ4n) is 3.09. The van der Waals surface area contributed by atoms with Crippen LogP contribution in [0.25, 0.3) is 0 Å². The predicted molar refractivity (Wildman–Crippen MR) is 76.7 cm³/mol. The van der Waals surface area contributed by atoms with Gasteiger partial charge in [-0.05, 0) is 38.8 Å². The first-order valence-corrected chi connectivity index (χ1v) is 7.94. The van der Waals surface area contributed by atoms with Gasteiger partial charge in [-0.15, -0.1) is 0 Å². The van der Waals surface area contributed by atoms with E-state index in [9.17, 15) is 0 Å². The Morgan fingerprint density at radius 3 is 2.89 bits per heavy atom. The van der Waals surface area contributed by atoms with Crippen LogP contribution in [-0.2, 0) is 11.3 Å². The molecule has 0 aliphatic carbocycles. The van der Waals surface area contributed by atoms with Gasteiger partial charge in [0.25, 0.3) is 0 Å². The quantitative estimate of drug-likeness (QED) is 0.841. The molecule has 0 saturated carbocycles. The molecule has 2 aliphatic heterocycles. The van der Waals surface area contributed by atoms with Crippen LogP contribution in [0.1, 0.15) is 31.5 Å². The largest absolute Gasteiger partial charge is 0.377 e. The van der Waals surface area contributed by atoms with Gasteiger partial charge in [-0.3, -0.25) is 4.90 Å². The van der Waals surface area contributed by atoms with Gasteiger partial charge in [0.05, 0.1) is 0 Å². The van der Waals surface area contributed by atoms with Crippen LogP contribution in [0.3, 0.4) is 0 Å². The summed E-state index contributed by atoms with van der Waals surface area (Å²) in [5.41, 5.74) is 0. The van der Waals surface area contributed by atoms with Crippen molar-refractivity contribution in [2.75, 3.05) is 38.2 Å². The number of anilines is 1. The molecule has 1 aromatic rings. The lowest BCUT2D eigenvalue weighted by Gasteiger charge is -2.37. The molecule has 0 bridgehead atoms. The lowest BCUT2D eigenvalue weighted by molar-refractivity contribution is 0.179. The molecule has 0 unspecified atom stereocenters. The number of hydrogen-bond acceptors (Lipinski definition) is 6. The third-order valence-corrected chi connectivity index (χ3v) is 4.87. The first-order valence-electron chi connectivity index (χ1n) is 7.17. The summed E-state index contributed by atoms with van der Waals surface area (Å²) >= 11 is 1.51. The summed E-state index contributed by atoms with van der Waals surface area (Å²) in [6.45, 7) is 5.31. The van der Waals surface area contributed by atoms with E-state index in [0.29, 0.717) is 12.6 Å². The number of aromatic nitrogens is 2. The molecule has 2 aliphatic rings. The Kier molecular flexibility index (Phi) is 4.30. The van der Waals surface area contributed by atoms with E-state index in [4.69, 9.17) is 4.74 Å². The molecule has 5 nitrogen and oxygen atoms in total. The van der Waals surface area contributed by atoms with Gasteiger partial charge in [-0.2, -0.15) is 4.37 Å². The highest BCUT2D eigenvalue weighted by atomic mass is 32.1. The molecule has 2 fully saturated rings. The number of ether oxygens (including phenoxy) is 1. The first kappa shape index (κ1) is 13.3. The SMILES string of the molecule is COCc1nsc(N2CCC[C@@H](N3CCCC3)C2)n1. The minimum Gasteiger partial charge on any atom is -0.377 e. The average Bonchev–Trinajstić information content (AvgIpc) is 3.11. The number of piperidine rings is 1. The van der Waals surface area contributed by atoms with Crippen LogP contribution in [0.2, 0.25) is 0 Å². The maximum Gasteiger partial charge on any atom is 0.205 e. The van der Waals surface area contributed by atoms with E-state index in [1.54, 1.807) is 7.11 Å². The Bertz CT molecular complexity index is 405. The van der Waals surface area contributed by atoms with Crippen LogP contribution in [0.15, 0.2) is 0 Å². The van der Waals surface area contributed by atoms with Gasteiger partial charge in [-0.1, -0.05) is 0 Å². The summed E-state index contributed by atoms with van der Waals surface area (Å²) < 4.78 is 9.44. The molecule has 0 radical (unpaired) electrons. The molecule has 3 rings (SSSR count). The second-order valence-corrected chi connectivity index (χ2v) is 6.14. The lowest BCUT2D eigenvalue weighted by atomic mass is 10.1. The first-order chi connectivity index (χ1) is 9.36. The minimum atomic E-state index is 0.514. The molecule has 1 atom stereocenters. The fraction of sp³-hybridized carbons (Fsp3) is 0.846. The van der Waals surface area contributed by atoms with Gasteiger partial charge >= 0.3 is 0 Å². The van der Waals surface area contributed by atoms with Crippen molar-refractivity contribution in [3.8, 4) is 0 Å². The molecule has 106 valence electrons. The topological polar surface area (TPSA) is 41.5 Å². The highest BCUT2D eigenvalue weighted by Gasteiger charge is 2.28. The average molecular weight is 282 g/mol. The smallest absolute Gasteiger partial charge is 0.205 e. The zero-order chi connectivity index (χ0) is 13.1. The van der Waals surface area contributed by atoms with Crippen molar-refractivity contribution < 1.29 is 4.74 Å².